The number of ether oxygens (including phenoxy) is 4. The second kappa shape index (κ2) is 11.6. The van der Waals surface area contributed by atoms with E-state index in [9.17, 15) is 29.4 Å². The molecule has 5 aliphatic heterocycles. The van der Waals surface area contributed by atoms with Crippen LogP contribution in [0, 0.1) is 0 Å². The highest BCUT2D eigenvalue weighted by atomic mass is 33.7. The number of carbonyl (C=O) groups excluding carboxylic acids is 4. The molecule has 1 spiro atoms. The van der Waals surface area contributed by atoms with E-state index in [0.717, 1.165) is 10.8 Å². The third-order valence-electron chi connectivity index (χ3n) is 7.25. The van der Waals surface area contributed by atoms with Crippen LogP contribution in [0.2, 0.25) is 0 Å². The number of rotatable bonds is 6. The van der Waals surface area contributed by atoms with Gasteiger partial charge in [-0.15, -0.1) is 0 Å². The predicted molar refractivity (Wildman–Crippen MR) is 160 cm³/mol. The number of likely N-dealkylation sites (N-methyl/N-ethyl adjacent to an activating group) is 1. The smallest absolute Gasteiger partial charge is 0.338 e. The third kappa shape index (κ3) is 4.81. The first-order chi connectivity index (χ1) is 20.7. The van der Waals surface area contributed by atoms with Gasteiger partial charge in [0.1, 0.15) is 24.5 Å². The Kier molecular flexibility index (Phi) is 7.97. The highest BCUT2D eigenvalue weighted by molar-refractivity contribution is 9.26. The van der Waals surface area contributed by atoms with E-state index < -0.39 is 46.3 Å². The molecular formula is C27H22N2O10S4. The van der Waals surface area contributed by atoms with Gasteiger partial charge >= 0.3 is 5.97 Å². The fourth-order valence-corrected chi connectivity index (χ4v) is 12.4. The molecular weight excluding hydrogens is 641 g/mol. The zero-order valence-electron chi connectivity index (χ0n) is 22.3. The number of aldehydes is 1. The number of aliphatic hydroxyl groups excluding tert-OH is 1. The number of methoxy groups -OCH3 is 1. The van der Waals surface area contributed by atoms with Gasteiger partial charge in [0.15, 0.2) is 28.4 Å². The molecule has 5 heterocycles. The number of amides is 2. The van der Waals surface area contributed by atoms with E-state index in [0.29, 0.717) is 6.29 Å². The number of fused-ring (bicyclic) bond motifs is 5. The van der Waals surface area contributed by atoms with Gasteiger partial charge in [0.2, 0.25) is 4.87 Å². The van der Waals surface area contributed by atoms with Gasteiger partial charge in [0.25, 0.3) is 11.8 Å². The van der Waals surface area contributed by atoms with Crippen molar-refractivity contribution in [3.8, 4) is 23.0 Å². The Bertz CT molecular complexity index is 1580. The zero-order chi connectivity index (χ0) is 30.5. The predicted octanol–water partition coefficient (Wildman–Crippen LogP) is 3.72. The van der Waals surface area contributed by atoms with Crippen LogP contribution >= 0.6 is 41.2 Å². The minimum absolute atomic E-state index is 0.0346. The van der Waals surface area contributed by atoms with Gasteiger partial charge in [0.05, 0.1) is 25.2 Å². The molecule has 43 heavy (non-hydrogen) atoms. The fourth-order valence-electron chi connectivity index (χ4n) is 5.19. The molecule has 0 saturated carbocycles. The molecule has 0 radical (unpaired) electrons. The van der Waals surface area contributed by atoms with Crippen molar-refractivity contribution in [3.63, 3.8) is 0 Å². The van der Waals surface area contributed by atoms with Crippen LogP contribution in [-0.4, -0.2) is 86.7 Å². The third-order valence-corrected chi connectivity index (χ3v) is 14.2. The van der Waals surface area contributed by atoms with Crippen LogP contribution in [0.4, 0.5) is 0 Å². The van der Waals surface area contributed by atoms with Crippen LogP contribution < -0.4 is 9.47 Å². The van der Waals surface area contributed by atoms with Gasteiger partial charge in [-0.3, -0.25) is 14.4 Å². The first-order valence-electron chi connectivity index (χ1n) is 12.5. The summed E-state index contributed by atoms with van der Waals surface area (Å²) in [6, 6.07) is 7.27. The average molecular weight is 663 g/mol. The maximum atomic E-state index is 13.8. The normalized spacial score (nSPS) is 27.7. The number of piperazine rings is 1. The number of benzene rings is 2. The summed E-state index contributed by atoms with van der Waals surface area (Å²) in [6.07, 6.45) is 2.02. The van der Waals surface area contributed by atoms with E-state index >= 15 is 0 Å². The quantitative estimate of drug-likeness (QED) is 0.263. The van der Waals surface area contributed by atoms with Gasteiger partial charge < -0.3 is 39.0 Å². The van der Waals surface area contributed by atoms with Crippen molar-refractivity contribution >= 4 is 65.3 Å². The van der Waals surface area contributed by atoms with Crippen LogP contribution in [0.1, 0.15) is 20.7 Å². The molecule has 0 aliphatic carbocycles. The van der Waals surface area contributed by atoms with Crippen LogP contribution in [0.15, 0.2) is 60.6 Å². The summed E-state index contributed by atoms with van der Waals surface area (Å²) >= 11 is 0. The average Bonchev–Trinajstić information content (AvgIpc) is 3.10. The Hall–Kier alpha value is -3.44. The lowest BCUT2D eigenvalue weighted by atomic mass is 10.0. The highest BCUT2D eigenvalue weighted by Crippen LogP contribution is 2.62. The van der Waals surface area contributed by atoms with E-state index in [-0.39, 0.29) is 39.7 Å². The standard InChI is InChI=1S/C27H22N2O10S4/c1-28-24-23(33)29-21-15(22(32)27(29,26(28)35)41-43-42-40-24)12-37-8-7-18(21)39-25(34)14-4-6-17(36-2)20(10-14)38-19-9-13(11-30)3-5-16(19)31/h3-12,18,21-22,24,31-32H,1-2H3/t18-,21-,22?,24-,27?/m0/s1. The first kappa shape index (κ1) is 29.6. The number of phenolic OH excluding ortho intramolecular Hbond substituents is 1. The van der Waals surface area contributed by atoms with Crippen LogP contribution in [-0.2, 0) is 19.1 Å². The van der Waals surface area contributed by atoms with Crippen molar-refractivity contribution in [3.05, 3.63) is 71.7 Å². The summed E-state index contributed by atoms with van der Waals surface area (Å²) in [7, 11) is 7.83. The minimum Gasteiger partial charge on any atom is -0.504 e. The van der Waals surface area contributed by atoms with Gasteiger partial charge in [-0.1, -0.05) is 0 Å². The molecule has 224 valence electrons. The summed E-state index contributed by atoms with van der Waals surface area (Å²) in [6.45, 7) is 0. The van der Waals surface area contributed by atoms with Crippen molar-refractivity contribution in [2.75, 3.05) is 14.2 Å². The molecule has 2 aromatic carbocycles. The molecule has 16 heteroatoms. The van der Waals surface area contributed by atoms with Gasteiger partial charge in [-0.05, 0) is 83.7 Å². The Morgan fingerprint density at radius 1 is 1.12 bits per heavy atom. The molecule has 2 N–H and O–H groups in total. The van der Waals surface area contributed by atoms with Crippen molar-refractivity contribution in [1.82, 2.24) is 9.80 Å². The van der Waals surface area contributed by atoms with Crippen LogP contribution in [0.5, 0.6) is 23.0 Å². The Morgan fingerprint density at radius 2 is 1.93 bits per heavy atom. The van der Waals surface area contributed by atoms with Crippen LogP contribution in [0.25, 0.3) is 0 Å². The van der Waals surface area contributed by atoms with Crippen molar-refractivity contribution in [2.45, 2.75) is 28.5 Å². The summed E-state index contributed by atoms with van der Waals surface area (Å²) in [5.41, 5.74) is 0.510. The van der Waals surface area contributed by atoms with Gasteiger partial charge in [0, 0.05) is 18.2 Å². The lowest BCUT2D eigenvalue weighted by molar-refractivity contribution is -0.162. The molecule has 4 fully saturated rings. The summed E-state index contributed by atoms with van der Waals surface area (Å²) in [4.78, 5) is 53.2. The number of nitrogens with zero attached hydrogens (tertiary/aromatic N) is 2. The molecule has 2 bridgehead atoms. The maximum absolute atomic E-state index is 13.8. The number of phenols is 1. The molecule has 2 unspecified atom stereocenters. The molecule has 12 nitrogen and oxygen atoms in total. The molecule has 0 aromatic heterocycles. The maximum Gasteiger partial charge on any atom is 0.338 e. The summed E-state index contributed by atoms with van der Waals surface area (Å²) in [5, 5.41) is 20.9. The second-order valence-corrected chi connectivity index (χ2v) is 15.6. The first-order valence-corrected chi connectivity index (χ1v) is 17.4. The SMILES string of the molecule is COc1ccc(C(=O)O[C@H]2C=COC=C3C(O)C45SSSS[C@@H](C(=O)N4[C@@H]32)N(C)C5=O)cc1Oc1cc(C=O)ccc1O. The number of hydrogen-bond acceptors (Lipinski definition) is 14. The van der Waals surface area contributed by atoms with E-state index in [1.807, 2.05) is 0 Å². The van der Waals surface area contributed by atoms with Crippen molar-refractivity contribution < 1.29 is 48.3 Å². The number of esters is 1. The van der Waals surface area contributed by atoms with Gasteiger partial charge in [-0.25, -0.2) is 4.79 Å². The topological polar surface area (TPSA) is 152 Å². The Morgan fingerprint density at radius 3 is 2.70 bits per heavy atom. The number of hydrogen-bond donors (Lipinski definition) is 2. The van der Waals surface area contributed by atoms with Crippen LogP contribution in [0.3, 0.4) is 0 Å². The van der Waals surface area contributed by atoms with E-state index in [4.69, 9.17) is 18.9 Å². The molecule has 5 aliphatic rings. The highest BCUT2D eigenvalue weighted by Gasteiger charge is 2.70. The zero-order valence-corrected chi connectivity index (χ0v) is 25.5. The molecule has 4 saturated heterocycles. The van der Waals surface area contributed by atoms with E-state index in [1.165, 1.54) is 109 Å². The largest absolute Gasteiger partial charge is 0.504 e. The Balaban J connectivity index is 1.33. The lowest BCUT2D eigenvalue weighted by Gasteiger charge is -2.50. The fraction of sp³-hybridized carbons (Fsp3) is 0.259. The van der Waals surface area contributed by atoms with Crippen molar-refractivity contribution in [2.24, 2.45) is 0 Å². The van der Waals surface area contributed by atoms with E-state index in [2.05, 4.69) is 0 Å². The minimum atomic E-state index is -1.68. The molecule has 7 rings (SSSR count). The number of aromatic hydroxyl groups is 1. The lowest BCUT2D eigenvalue weighted by Crippen LogP contribution is -2.71. The second-order valence-electron chi connectivity index (χ2n) is 9.60. The monoisotopic (exact) mass is 662 g/mol. The van der Waals surface area contributed by atoms with Crippen molar-refractivity contribution in [1.29, 1.82) is 0 Å². The van der Waals surface area contributed by atoms with Gasteiger partial charge in [-0.2, -0.15) is 0 Å². The van der Waals surface area contributed by atoms with E-state index in [1.54, 1.807) is 0 Å². The number of carbonyl (C=O) groups is 4. The molecule has 5 atom stereocenters. The molecule has 2 amide bonds. The number of aliphatic hydroxyl groups is 1. The Labute approximate surface area is 259 Å². The summed E-state index contributed by atoms with van der Waals surface area (Å²) in [5.74, 6) is -1.66. The molecule has 2 aromatic rings. The summed E-state index contributed by atoms with van der Waals surface area (Å²) < 4.78 is 22.5.